The highest BCUT2D eigenvalue weighted by molar-refractivity contribution is 5.87. The summed E-state index contributed by atoms with van der Waals surface area (Å²) in [6, 6.07) is 23.6. The molecule has 6 aromatic carbocycles. The summed E-state index contributed by atoms with van der Waals surface area (Å²) in [5, 5.41) is 0. The molecule has 17 heteroatoms. The Morgan fingerprint density at radius 3 is 1.01 bits per heavy atom. The van der Waals surface area contributed by atoms with E-state index in [4.69, 9.17) is 0 Å². The molecule has 0 fully saturated rings. The van der Waals surface area contributed by atoms with Crippen LogP contribution in [0.5, 0.6) is 0 Å². The molecule has 2 nitrogen and oxygen atoms in total. The minimum atomic E-state index is -5.07. The van der Waals surface area contributed by atoms with Crippen molar-refractivity contribution in [2.45, 2.75) is 97.1 Å². The largest absolute Gasteiger partial charge is 0.417 e. The van der Waals surface area contributed by atoms with Crippen LogP contribution >= 0.6 is 0 Å². The van der Waals surface area contributed by atoms with E-state index in [1.807, 2.05) is 27.7 Å². The predicted octanol–water partition coefficient (Wildman–Crippen LogP) is 18.6. The molecule has 6 aromatic rings. The lowest BCUT2D eigenvalue weighted by Crippen LogP contribution is -2.13. The second kappa shape index (κ2) is 21.8. The summed E-state index contributed by atoms with van der Waals surface area (Å²) in [5.41, 5.74) is -3.62. The lowest BCUT2D eigenvalue weighted by atomic mass is 9.84. The minimum Gasteiger partial charge on any atom is -0.299 e. The average Bonchev–Trinajstić information content (AvgIpc) is 3.28. The summed E-state index contributed by atoms with van der Waals surface area (Å²) >= 11 is 0. The molecule has 2 atom stereocenters. The fraction of sp³-hybridized carbons (Fsp3) is 0.309. The van der Waals surface area contributed by atoms with Crippen LogP contribution in [0, 0.1) is 11.8 Å². The lowest BCUT2D eigenvalue weighted by Gasteiger charge is -2.20. The highest BCUT2D eigenvalue weighted by Gasteiger charge is 2.38. The molecule has 0 radical (unpaired) electrons. The third kappa shape index (κ3) is 14.6. The second-order valence-electron chi connectivity index (χ2n) is 18.3. The topological polar surface area (TPSA) is 34.1 Å². The maximum Gasteiger partial charge on any atom is 0.417 e. The van der Waals surface area contributed by atoms with Crippen LogP contribution in [0.15, 0.2) is 127 Å². The van der Waals surface area contributed by atoms with Gasteiger partial charge in [0, 0.05) is 11.8 Å². The molecular formula is C55H47F15O2. The molecule has 72 heavy (non-hydrogen) atoms. The summed E-state index contributed by atoms with van der Waals surface area (Å²) in [7, 11) is 0. The smallest absolute Gasteiger partial charge is 0.299 e. The van der Waals surface area contributed by atoms with E-state index in [1.165, 1.54) is 68.4 Å². The molecule has 0 aliphatic heterocycles. The van der Waals surface area contributed by atoms with Crippen LogP contribution in [-0.4, -0.2) is 11.6 Å². The number of carbonyl (C=O) groups is 2. The van der Waals surface area contributed by atoms with E-state index in [1.54, 1.807) is 12.1 Å². The summed E-state index contributed by atoms with van der Waals surface area (Å²) in [4.78, 5) is 24.9. The number of hydrogen-bond donors (Lipinski definition) is 0. The summed E-state index contributed by atoms with van der Waals surface area (Å²) in [5.74, 6) is -1.51. The second-order valence-corrected chi connectivity index (χ2v) is 18.3. The number of hydrogen-bond acceptors (Lipinski definition) is 2. The molecule has 0 heterocycles. The Morgan fingerprint density at radius 2 is 0.681 bits per heavy atom. The first-order valence-electron chi connectivity index (χ1n) is 22.3. The first-order valence-corrected chi connectivity index (χ1v) is 22.3. The molecule has 6 rings (SSSR count). The van der Waals surface area contributed by atoms with Gasteiger partial charge in [-0.05, 0) is 155 Å². The first kappa shape index (κ1) is 56.5. The molecule has 0 saturated carbocycles. The summed E-state index contributed by atoms with van der Waals surface area (Å²) in [6.45, 7) is 10.3. The van der Waals surface area contributed by atoms with E-state index in [0.717, 1.165) is 42.5 Å². The Bertz CT molecular complexity index is 2810. The zero-order valence-electron chi connectivity index (χ0n) is 39.3. The third-order valence-corrected chi connectivity index (χ3v) is 11.7. The molecule has 0 bridgehead atoms. The number of Topliss-reactive ketones (excluding diaryl/α,β-unsaturated/α-hetero) is 2. The van der Waals surface area contributed by atoms with Crippen molar-refractivity contribution in [1.29, 1.82) is 0 Å². The van der Waals surface area contributed by atoms with E-state index in [-0.39, 0.29) is 57.3 Å². The number of halogens is 15. The van der Waals surface area contributed by atoms with Gasteiger partial charge in [0.1, 0.15) is 11.6 Å². The molecule has 0 amide bonds. The van der Waals surface area contributed by atoms with Gasteiger partial charge in [-0.2, -0.15) is 65.9 Å². The third-order valence-electron chi connectivity index (χ3n) is 11.7. The molecule has 0 aromatic heterocycles. The van der Waals surface area contributed by atoms with Gasteiger partial charge >= 0.3 is 30.9 Å². The van der Waals surface area contributed by atoms with Crippen molar-refractivity contribution >= 4 is 11.6 Å². The van der Waals surface area contributed by atoms with E-state index in [2.05, 4.69) is 0 Å². The van der Waals surface area contributed by atoms with Gasteiger partial charge in [-0.15, -0.1) is 0 Å². The van der Waals surface area contributed by atoms with Crippen LogP contribution in [0.25, 0.3) is 44.5 Å². The standard InChI is InChI=1S/C28H23F9O.C27H24F6O/c1-15(2)8-25(16(3)38)21-10-18(17-4-6-22(7-5-17)26(29,30)31)9-19(11-21)20-12-23(27(32,33)34)14-24(13-20)28(35,36)37;1-16(2)12-24(17(3)34)21-14-19(18-8-10-22(11-9-18)26(28,29)30)13-20(15-21)23-6-4-5-7-25(23)27(31,32)33/h4-7,9-15,25H,8H2,1-3H3;4-11,13-16,24H,12H2,1-3H3. The van der Waals surface area contributed by atoms with Crippen LogP contribution < -0.4 is 0 Å². The zero-order chi connectivity index (χ0) is 53.9. The maximum atomic E-state index is 13.7. The van der Waals surface area contributed by atoms with E-state index in [9.17, 15) is 75.4 Å². The highest BCUT2D eigenvalue weighted by atomic mass is 19.4. The molecule has 0 saturated heterocycles. The Labute approximate surface area is 405 Å². The summed E-state index contributed by atoms with van der Waals surface area (Å²) in [6.07, 6.45) is -23.0. The van der Waals surface area contributed by atoms with Crippen molar-refractivity contribution in [3.8, 4) is 44.5 Å². The number of rotatable bonds is 12. The van der Waals surface area contributed by atoms with Crippen LogP contribution in [-0.2, 0) is 40.5 Å². The molecule has 0 spiro atoms. The summed E-state index contributed by atoms with van der Waals surface area (Å²) < 4.78 is 200. The van der Waals surface area contributed by atoms with Gasteiger partial charge in [0.2, 0.25) is 0 Å². The number of benzene rings is 6. The zero-order valence-corrected chi connectivity index (χ0v) is 39.3. The van der Waals surface area contributed by atoms with E-state index in [0.29, 0.717) is 47.2 Å². The Balaban J connectivity index is 0.000000269. The van der Waals surface area contributed by atoms with Crippen molar-refractivity contribution in [2.75, 3.05) is 0 Å². The van der Waals surface area contributed by atoms with Gasteiger partial charge in [0.15, 0.2) is 0 Å². The van der Waals surface area contributed by atoms with Crippen molar-refractivity contribution in [1.82, 2.24) is 0 Å². The Morgan fingerprint density at radius 1 is 0.361 bits per heavy atom. The number of alkyl halides is 15. The minimum absolute atomic E-state index is 0.0151. The fourth-order valence-electron chi connectivity index (χ4n) is 8.18. The van der Waals surface area contributed by atoms with Gasteiger partial charge in [-0.1, -0.05) is 94.4 Å². The van der Waals surface area contributed by atoms with Gasteiger partial charge in [-0.3, -0.25) is 9.59 Å². The molecule has 2 unspecified atom stereocenters. The van der Waals surface area contributed by atoms with Crippen molar-refractivity contribution in [3.05, 3.63) is 166 Å². The number of carbonyl (C=O) groups excluding carboxylic acids is 2. The predicted molar refractivity (Wildman–Crippen MR) is 245 cm³/mol. The van der Waals surface area contributed by atoms with E-state index < -0.39 is 76.1 Å². The van der Waals surface area contributed by atoms with Crippen LogP contribution in [0.2, 0.25) is 0 Å². The highest BCUT2D eigenvalue weighted by Crippen LogP contribution is 2.43. The number of ketones is 2. The monoisotopic (exact) mass is 1020 g/mol. The lowest BCUT2D eigenvalue weighted by molar-refractivity contribution is -0.143. The Hall–Kier alpha value is -6.39. The van der Waals surface area contributed by atoms with E-state index >= 15 is 0 Å². The van der Waals surface area contributed by atoms with Crippen LogP contribution in [0.3, 0.4) is 0 Å². The van der Waals surface area contributed by atoms with Gasteiger partial charge in [0.05, 0.1) is 27.8 Å². The fourth-order valence-corrected chi connectivity index (χ4v) is 8.18. The quantitative estimate of drug-likeness (QED) is 0.115. The van der Waals surface area contributed by atoms with Gasteiger partial charge in [-0.25, -0.2) is 0 Å². The average molecular weight is 1020 g/mol. The molecular weight excluding hydrogens is 978 g/mol. The van der Waals surface area contributed by atoms with Crippen molar-refractivity contribution in [3.63, 3.8) is 0 Å². The first-order chi connectivity index (χ1) is 33.1. The van der Waals surface area contributed by atoms with Crippen LogP contribution in [0.1, 0.15) is 105 Å². The molecule has 0 aliphatic rings. The maximum absolute atomic E-state index is 13.7. The van der Waals surface area contributed by atoms with Crippen LogP contribution in [0.4, 0.5) is 65.9 Å². The van der Waals surface area contributed by atoms with Gasteiger partial charge < -0.3 is 0 Å². The van der Waals surface area contributed by atoms with Crippen molar-refractivity contribution < 1.29 is 75.4 Å². The van der Waals surface area contributed by atoms with Crippen molar-refractivity contribution in [2.24, 2.45) is 11.8 Å². The Kier molecular flexibility index (Phi) is 17.1. The molecule has 384 valence electrons. The normalized spacial score (nSPS) is 13.4. The molecule has 0 aliphatic carbocycles. The SMILES string of the molecule is CC(=O)C(CC(C)C)c1cc(-c2ccc(C(F)(F)F)cc2)cc(-c2cc(C(F)(F)F)cc(C(F)(F)F)c2)c1.CC(=O)C(CC(C)C)c1cc(-c2ccc(C(F)(F)F)cc2)cc(-c2ccccc2C(F)(F)F)c1. The molecule has 0 N–H and O–H groups in total. The van der Waals surface area contributed by atoms with Gasteiger partial charge in [0.25, 0.3) is 0 Å².